The van der Waals surface area contributed by atoms with Crippen LogP contribution < -0.4 is 10.0 Å². The lowest BCUT2D eigenvalue weighted by molar-refractivity contribution is 0.423. The van der Waals surface area contributed by atoms with E-state index in [-0.39, 0.29) is 17.5 Å². The number of nitrogens with one attached hydrogen (secondary N) is 2. The summed E-state index contributed by atoms with van der Waals surface area (Å²) in [7, 11) is -4.97. The van der Waals surface area contributed by atoms with Gasteiger partial charge in [0.25, 0.3) is 10.2 Å². The Bertz CT molecular complexity index is 503. The van der Waals surface area contributed by atoms with Crippen LogP contribution >= 0.6 is 0 Å². The highest BCUT2D eigenvalue weighted by Crippen LogP contribution is 2.13. The first-order chi connectivity index (χ1) is 9.62. The smallest absolute Gasteiger partial charge is 0.279 e. The van der Waals surface area contributed by atoms with Gasteiger partial charge in [0.2, 0.25) is 0 Å². The molecule has 0 saturated carbocycles. The predicted molar refractivity (Wildman–Crippen MR) is 84.1 cm³/mol. The molecule has 0 atom stereocenters. The van der Waals surface area contributed by atoms with Gasteiger partial charge >= 0.3 is 0 Å². The molecule has 0 spiro atoms. The molecule has 0 aromatic carbocycles. The van der Waals surface area contributed by atoms with Gasteiger partial charge < -0.3 is 5.32 Å². The van der Waals surface area contributed by atoms with Crippen molar-refractivity contribution < 1.29 is 16.8 Å². The van der Waals surface area contributed by atoms with Crippen molar-refractivity contribution in [3.05, 3.63) is 0 Å². The third-order valence-corrected chi connectivity index (χ3v) is 6.83. The van der Waals surface area contributed by atoms with E-state index in [4.69, 9.17) is 0 Å². The lowest BCUT2D eigenvalue weighted by Crippen LogP contribution is -2.47. The van der Waals surface area contributed by atoms with Crippen LogP contribution in [-0.4, -0.2) is 64.9 Å². The van der Waals surface area contributed by atoms with E-state index in [1.54, 1.807) is 0 Å². The van der Waals surface area contributed by atoms with Crippen LogP contribution in [0.4, 0.5) is 0 Å². The standard InChI is InChI=1S/C12H27N3O4S2/c1-11(2)13-7-4-8-15(3)21(18,19)14-12-5-9-20(16,17)10-6-12/h11-14H,4-10H2,1-3H3. The molecular weight excluding hydrogens is 314 g/mol. The molecule has 0 aliphatic carbocycles. The van der Waals surface area contributed by atoms with Crippen LogP contribution in [0, 0.1) is 0 Å². The third kappa shape index (κ3) is 7.05. The summed E-state index contributed by atoms with van der Waals surface area (Å²) in [6, 6.07) is 0.101. The lowest BCUT2D eigenvalue weighted by Gasteiger charge is -2.26. The molecule has 0 amide bonds. The van der Waals surface area contributed by atoms with Crippen molar-refractivity contribution in [3.8, 4) is 0 Å². The molecule has 7 nitrogen and oxygen atoms in total. The fourth-order valence-corrected chi connectivity index (χ4v) is 4.82. The number of hydrogen-bond donors (Lipinski definition) is 2. The fraction of sp³-hybridized carbons (Fsp3) is 1.00. The maximum atomic E-state index is 12.1. The summed E-state index contributed by atoms with van der Waals surface area (Å²) < 4.78 is 50.8. The van der Waals surface area contributed by atoms with E-state index in [1.165, 1.54) is 11.4 Å². The topological polar surface area (TPSA) is 95.6 Å². The van der Waals surface area contributed by atoms with Crippen molar-refractivity contribution in [2.24, 2.45) is 0 Å². The molecule has 1 aliphatic heterocycles. The minimum absolute atomic E-state index is 0.0577. The summed E-state index contributed by atoms with van der Waals surface area (Å²) in [6.07, 6.45) is 1.43. The van der Waals surface area contributed by atoms with Crippen LogP contribution in [0.2, 0.25) is 0 Å². The Morgan fingerprint density at radius 3 is 2.33 bits per heavy atom. The zero-order chi connectivity index (χ0) is 16.1. The molecule has 0 aromatic rings. The van der Waals surface area contributed by atoms with Gasteiger partial charge in [-0.05, 0) is 25.8 Å². The van der Waals surface area contributed by atoms with E-state index in [0.717, 1.165) is 13.0 Å². The van der Waals surface area contributed by atoms with E-state index >= 15 is 0 Å². The minimum Gasteiger partial charge on any atom is -0.314 e. The first-order valence-electron chi connectivity index (χ1n) is 7.30. The highest BCUT2D eigenvalue weighted by Gasteiger charge is 2.28. The molecule has 1 aliphatic rings. The minimum atomic E-state index is -3.54. The van der Waals surface area contributed by atoms with E-state index in [2.05, 4.69) is 10.0 Å². The van der Waals surface area contributed by atoms with Crippen LogP contribution in [0.15, 0.2) is 0 Å². The van der Waals surface area contributed by atoms with Crippen LogP contribution in [0.25, 0.3) is 0 Å². The Labute approximate surface area is 128 Å². The second kappa shape index (κ2) is 7.87. The Balaban J connectivity index is 2.38. The highest BCUT2D eigenvalue weighted by molar-refractivity contribution is 7.91. The van der Waals surface area contributed by atoms with Gasteiger partial charge in [0, 0.05) is 25.7 Å². The van der Waals surface area contributed by atoms with Gasteiger partial charge in [0.1, 0.15) is 9.84 Å². The summed E-state index contributed by atoms with van der Waals surface area (Å²) in [5, 5.41) is 3.23. The van der Waals surface area contributed by atoms with Gasteiger partial charge in [-0.3, -0.25) is 0 Å². The highest BCUT2D eigenvalue weighted by atomic mass is 32.2. The largest absolute Gasteiger partial charge is 0.314 e. The van der Waals surface area contributed by atoms with E-state index in [9.17, 15) is 16.8 Å². The lowest BCUT2D eigenvalue weighted by atomic mass is 10.2. The number of rotatable bonds is 8. The Kier molecular flexibility index (Phi) is 7.05. The van der Waals surface area contributed by atoms with Crippen molar-refractivity contribution in [2.75, 3.05) is 31.6 Å². The number of hydrogen-bond acceptors (Lipinski definition) is 5. The molecule has 2 N–H and O–H groups in total. The molecule has 126 valence electrons. The molecule has 1 rings (SSSR count). The molecule has 1 fully saturated rings. The van der Waals surface area contributed by atoms with E-state index in [1.807, 2.05) is 13.8 Å². The fourth-order valence-electron chi connectivity index (χ4n) is 2.12. The zero-order valence-corrected chi connectivity index (χ0v) is 14.6. The quantitative estimate of drug-likeness (QED) is 0.592. The predicted octanol–water partition coefficient (Wildman–Crippen LogP) is -0.282. The summed E-state index contributed by atoms with van der Waals surface area (Å²) in [4.78, 5) is 0. The molecule has 21 heavy (non-hydrogen) atoms. The van der Waals surface area contributed by atoms with Crippen molar-refractivity contribution in [1.82, 2.24) is 14.3 Å². The summed E-state index contributed by atoms with van der Waals surface area (Å²) >= 11 is 0. The SMILES string of the molecule is CC(C)NCCCN(C)S(=O)(=O)NC1CCS(=O)(=O)CC1. The van der Waals surface area contributed by atoms with Gasteiger partial charge in [0.15, 0.2) is 0 Å². The Morgan fingerprint density at radius 1 is 1.24 bits per heavy atom. The van der Waals surface area contributed by atoms with Crippen molar-refractivity contribution in [3.63, 3.8) is 0 Å². The van der Waals surface area contributed by atoms with Crippen molar-refractivity contribution >= 4 is 20.0 Å². The molecule has 0 aromatic heterocycles. The molecular formula is C12H27N3O4S2. The van der Waals surface area contributed by atoms with Crippen molar-refractivity contribution in [1.29, 1.82) is 0 Å². The number of sulfone groups is 1. The van der Waals surface area contributed by atoms with Gasteiger partial charge in [0.05, 0.1) is 11.5 Å². The van der Waals surface area contributed by atoms with Crippen LogP contribution in [0.5, 0.6) is 0 Å². The average Bonchev–Trinajstić information content (AvgIpc) is 2.36. The van der Waals surface area contributed by atoms with Gasteiger partial charge in [-0.2, -0.15) is 17.4 Å². The molecule has 1 heterocycles. The Morgan fingerprint density at radius 2 is 1.81 bits per heavy atom. The molecule has 0 bridgehead atoms. The first-order valence-corrected chi connectivity index (χ1v) is 10.6. The molecule has 0 unspecified atom stereocenters. The van der Waals surface area contributed by atoms with Gasteiger partial charge in [-0.15, -0.1) is 0 Å². The zero-order valence-electron chi connectivity index (χ0n) is 13.0. The normalized spacial score (nSPS) is 20.2. The molecule has 9 heteroatoms. The van der Waals surface area contributed by atoms with Crippen molar-refractivity contribution in [2.45, 2.75) is 45.2 Å². The average molecular weight is 341 g/mol. The van der Waals surface area contributed by atoms with Crippen LogP contribution in [0.1, 0.15) is 33.1 Å². The van der Waals surface area contributed by atoms with Crippen LogP contribution in [-0.2, 0) is 20.0 Å². The van der Waals surface area contributed by atoms with E-state index in [0.29, 0.717) is 25.4 Å². The molecule has 0 radical (unpaired) electrons. The maximum Gasteiger partial charge on any atom is 0.279 e. The van der Waals surface area contributed by atoms with Crippen LogP contribution in [0.3, 0.4) is 0 Å². The summed E-state index contributed by atoms with van der Waals surface area (Å²) in [6.45, 7) is 5.28. The van der Waals surface area contributed by atoms with Gasteiger partial charge in [-0.1, -0.05) is 13.8 Å². The third-order valence-electron chi connectivity index (χ3n) is 3.48. The number of nitrogens with zero attached hydrogens (tertiary/aromatic N) is 1. The first kappa shape index (κ1) is 18.8. The van der Waals surface area contributed by atoms with Gasteiger partial charge in [-0.25, -0.2) is 8.42 Å². The van der Waals surface area contributed by atoms with E-state index < -0.39 is 20.0 Å². The summed E-state index contributed by atoms with van der Waals surface area (Å²) in [5.41, 5.74) is 0. The maximum absolute atomic E-state index is 12.1. The second-order valence-corrected chi connectivity index (χ2v) is 9.95. The summed E-state index contributed by atoms with van der Waals surface area (Å²) in [5.74, 6) is 0.115. The molecule has 1 saturated heterocycles. The Hall–Kier alpha value is -0.220. The second-order valence-electron chi connectivity index (χ2n) is 5.83. The monoisotopic (exact) mass is 341 g/mol.